The van der Waals surface area contributed by atoms with E-state index in [2.05, 4.69) is 24.8 Å². The predicted octanol–water partition coefficient (Wildman–Crippen LogP) is 1.33. The maximum atomic E-state index is 4.53. The normalized spacial score (nSPS) is 19.2. The molecule has 3 heterocycles. The molecule has 18 heavy (non-hydrogen) atoms. The summed E-state index contributed by atoms with van der Waals surface area (Å²) in [5.74, 6) is 0.893. The van der Waals surface area contributed by atoms with Crippen LogP contribution in [0.4, 0.5) is 0 Å². The van der Waals surface area contributed by atoms with Crippen molar-refractivity contribution in [3.05, 3.63) is 30.1 Å². The zero-order valence-electron chi connectivity index (χ0n) is 10.4. The number of nitrogens with zero attached hydrogens (tertiary/aromatic N) is 5. The predicted molar refractivity (Wildman–Crippen MR) is 71.4 cm³/mol. The molecule has 2 aliphatic heterocycles. The van der Waals surface area contributed by atoms with Crippen LogP contribution in [0.1, 0.15) is 18.5 Å². The smallest absolute Gasteiger partial charge is 0.223 e. The molecular weight excluding hydrogens is 226 g/mol. The van der Waals surface area contributed by atoms with Crippen molar-refractivity contribution in [2.45, 2.75) is 19.4 Å². The molecule has 1 fully saturated rings. The van der Waals surface area contributed by atoms with Gasteiger partial charge >= 0.3 is 0 Å². The summed E-state index contributed by atoms with van der Waals surface area (Å²) in [6.45, 7) is 3.62. The molecule has 2 aliphatic rings. The molecule has 5 nitrogen and oxygen atoms in total. The number of aromatic nitrogens is 1. The number of guanidine groups is 1. The van der Waals surface area contributed by atoms with E-state index >= 15 is 0 Å². The highest BCUT2D eigenvalue weighted by atomic mass is 15.4. The molecule has 0 atom stereocenters. The van der Waals surface area contributed by atoms with Crippen LogP contribution in [0.15, 0.2) is 34.4 Å². The molecule has 1 saturated heterocycles. The van der Waals surface area contributed by atoms with Crippen LogP contribution < -0.4 is 0 Å². The fraction of sp³-hybridized carbons (Fsp3) is 0.462. The lowest BCUT2D eigenvalue weighted by Crippen LogP contribution is -2.33. The van der Waals surface area contributed by atoms with Crippen LogP contribution in [0.2, 0.25) is 0 Å². The Morgan fingerprint density at radius 1 is 1.17 bits per heavy atom. The summed E-state index contributed by atoms with van der Waals surface area (Å²) >= 11 is 0. The molecular formula is C13H17N5. The van der Waals surface area contributed by atoms with Crippen LogP contribution in [-0.2, 0) is 6.54 Å². The lowest BCUT2D eigenvalue weighted by atomic mass is 10.3. The first kappa shape index (κ1) is 11.2. The average Bonchev–Trinajstić information content (AvgIpc) is 2.95. The highest BCUT2D eigenvalue weighted by Crippen LogP contribution is 2.11. The molecule has 1 aromatic rings. The molecule has 0 aliphatic carbocycles. The second-order valence-corrected chi connectivity index (χ2v) is 4.61. The molecule has 1 aromatic heterocycles. The van der Waals surface area contributed by atoms with Crippen molar-refractivity contribution in [3.8, 4) is 0 Å². The van der Waals surface area contributed by atoms with Gasteiger partial charge in [-0.3, -0.25) is 4.98 Å². The van der Waals surface area contributed by atoms with Gasteiger partial charge in [-0.25, -0.2) is 9.98 Å². The number of hydrogen-bond acceptors (Lipinski definition) is 5. The summed E-state index contributed by atoms with van der Waals surface area (Å²) in [5.41, 5.74) is 1.05. The zero-order valence-corrected chi connectivity index (χ0v) is 10.4. The molecule has 0 spiro atoms. The Bertz CT molecular complexity index is 448. The summed E-state index contributed by atoms with van der Waals surface area (Å²) in [7, 11) is 0. The first-order chi connectivity index (χ1) is 8.92. The molecule has 5 heteroatoms. The van der Waals surface area contributed by atoms with Gasteiger partial charge in [-0.1, -0.05) is 6.07 Å². The maximum Gasteiger partial charge on any atom is 0.223 e. The van der Waals surface area contributed by atoms with E-state index in [9.17, 15) is 0 Å². The first-order valence-corrected chi connectivity index (χ1v) is 6.39. The second kappa shape index (κ2) is 5.16. The van der Waals surface area contributed by atoms with Crippen molar-refractivity contribution < 1.29 is 0 Å². The molecule has 0 N–H and O–H groups in total. The Kier molecular flexibility index (Phi) is 3.21. The van der Waals surface area contributed by atoms with Gasteiger partial charge in [0.15, 0.2) is 0 Å². The average molecular weight is 243 g/mol. The van der Waals surface area contributed by atoms with Gasteiger partial charge in [-0.05, 0) is 25.0 Å². The minimum absolute atomic E-state index is 0.673. The van der Waals surface area contributed by atoms with E-state index in [1.807, 2.05) is 30.7 Å². The fourth-order valence-corrected chi connectivity index (χ4v) is 2.25. The van der Waals surface area contributed by atoms with Gasteiger partial charge in [-0.15, -0.1) is 0 Å². The highest BCUT2D eigenvalue weighted by molar-refractivity contribution is 5.88. The van der Waals surface area contributed by atoms with Gasteiger partial charge in [0.05, 0.1) is 18.6 Å². The largest absolute Gasteiger partial charge is 0.341 e. The Morgan fingerprint density at radius 2 is 2.06 bits per heavy atom. The monoisotopic (exact) mass is 243 g/mol. The van der Waals surface area contributed by atoms with E-state index in [1.165, 1.54) is 12.8 Å². The Labute approximate surface area is 107 Å². The molecule has 0 radical (unpaired) electrons. The molecule has 0 unspecified atom stereocenters. The topological polar surface area (TPSA) is 44.1 Å². The van der Waals surface area contributed by atoms with Crippen molar-refractivity contribution in [1.29, 1.82) is 0 Å². The Hall–Kier alpha value is -1.91. The third kappa shape index (κ3) is 2.50. The summed E-state index contributed by atoms with van der Waals surface area (Å²) in [6.07, 6.45) is 6.21. The van der Waals surface area contributed by atoms with Gasteiger partial charge in [-0.2, -0.15) is 0 Å². The van der Waals surface area contributed by atoms with Crippen LogP contribution in [0.5, 0.6) is 0 Å². The van der Waals surface area contributed by atoms with Crippen molar-refractivity contribution in [2.24, 2.45) is 9.98 Å². The van der Waals surface area contributed by atoms with E-state index < -0.39 is 0 Å². The number of likely N-dealkylation sites (tertiary alicyclic amines) is 1. The SMILES string of the molecule is C1=NC(N2CCCC2)=NCN1Cc1ccccn1. The molecule has 0 amide bonds. The van der Waals surface area contributed by atoms with Crippen LogP contribution in [0, 0.1) is 0 Å². The fourth-order valence-electron chi connectivity index (χ4n) is 2.25. The third-order valence-corrected chi connectivity index (χ3v) is 3.21. The van der Waals surface area contributed by atoms with Gasteiger partial charge in [0.2, 0.25) is 5.96 Å². The van der Waals surface area contributed by atoms with E-state index in [0.717, 1.165) is 31.3 Å². The standard InChI is InChI=1S/C13H17N5/c1-2-6-14-12(5-1)9-17-10-15-13(16-11-17)18-7-3-4-8-18/h1-2,5-6,10H,3-4,7-9,11H2. The molecule has 3 rings (SSSR count). The quantitative estimate of drug-likeness (QED) is 0.787. The second-order valence-electron chi connectivity index (χ2n) is 4.61. The van der Waals surface area contributed by atoms with Crippen LogP contribution in [-0.4, -0.2) is 46.8 Å². The minimum Gasteiger partial charge on any atom is -0.341 e. The van der Waals surface area contributed by atoms with Gasteiger partial charge < -0.3 is 9.80 Å². The molecule has 0 bridgehead atoms. The summed E-state index contributed by atoms with van der Waals surface area (Å²) in [4.78, 5) is 17.6. The lowest BCUT2D eigenvalue weighted by molar-refractivity contribution is 0.414. The van der Waals surface area contributed by atoms with Gasteiger partial charge in [0.25, 0.3) is 0 Å². The maximum absolute atomic E-state index is 4.53. The van der Waals surface area contributed by atoms with Crippen molar-refractivity contribution in [2.75, 3.05) is 19.8 Å². The number of pyridine rings is 1. The van der Waals surface area contributed by atoms with E-state index in [0.29, 0.717) is 6.67 Å². The van der Waals surface area contributed by atoms with Crippen molar-refractivity contribution in [3.63, 3.8) is 0 Å². The van der Waals surface area contributed by atoms with Crippen LogP contribution >= 0.6 is 0 Å². The van der Waals surface area contributed by atoms with Gasteiger partial charge in [0.1, 0.15) is 6.67 Å². The molecule has 0 aromatic carbocycles. The highest BCUT2D eigenvalue weighted by Gasteiger charge is 2.17. The minimum atomic E-state index is 0.673. The van der Waals surface area contributed by atoms with E-state index in [-0.39, 0.29) is 0 Å². The van der Waals surface area contributed by atoms with Gasteiger partial charge in [0, 0.05) is 19.3 Å². The van der Waals surface area contributed by atoms with E-state index in [1.54, 1.807) is 0 Å². The number of hydrogen-bond donors (Lipinski definition) is 0. The summed E-state index contributed by atoms with van der Waals surface area (Å²) in [5, 5.41) is 0. The lowest BCUT2D eigenvalue weighted by Gasteiger charge is -2.24. The third-order valence-electron chi connectivity index (χ3n) is 3.21. The van der Waals surface area contributed by atoms with Crippen LogP contribution in [0.3, 0.4) is 0 Å². The van der Waals surface area contributed by atoms with Crippen LogP contribution in [0.25, 0.3) is 0 Å². The van der Waals surface area contributed by atoms with Crippen molar-refractivity contribution >= 4 is 12.3 Å². The summed E-state index contributed by atoms with van der Waals surface area (Å²) in [6, 6.07) is 5.95. The Balaban J connectivity index is 1.58. The first-order valence-electron chi connectivity index (χ1n) is 6.39. The summed E-state index contributed by atoms with van der Waals surface area (Å²) < 4.78 is 0. The molecule has 0 saturated carbocycles. The molecule has 94 valence electrons. The zero-order chi connectivity index (χ0) is 12.2. The number of aliphatic imine (C=N–C) groups is 2. The Morgan fingerprint density at radius 3 is 2.72 bits per heavy atom. The van der Waals surface area contributed by atoms with E-state index in [4.69, 9.17) is 0 Å². The van der Waals surface area contributed by atoms with Crippen molar-refractivity contribution in [1.82, 2.24) is 14.8 Å². The number of rotatable bonds is 2.